The Bertz CT molecular complexity index is 481. The lowest BCUT2D eigenvalue weighted by atomic mass is 10.1. The third kappa shape index (κ3) is 3.22. The molecule has 0 saturated carbocycles. The molecule has 6 heteroatoms. The highest BCUT2D eigenvalue weighted by Gasteiger charge is 2.50. The molecule has 1 aliphatic rings. The fourth-order valence-electron chi connectivity index (χ4n) is 2.01. The summed E-state index contributed by atoms with van der Waals surface area (Å²) in [6.45, 7) is 2.05. The first kappa shape index (κ1) is 14.2. The molecule has 3 nitrogen and oxygen atoms in total. The van der Waals surface area contributed by atoms with Crippen LogP contribution in [0.4, 0.5) is 8.78 Å². The van der Waals surface area contributed by atoms with Gasteiger partial charge in [-0.2, -0.15) is 8.78 Å². The number of rotatable bonds is 4. The van der Waals surface area contributed by atoms with Crippen molar-refractivity contribution in [1.82, 2.24) is 5.32 Å². The molecule has 0 aliphatic carbocycles. The van der Waals surface area contributed by atoms with Gasteiger partial charge in [0.05, 0.1) is 6.42 Å². The fraction of sp³-hybridized carbons (Fsp3) is 0.462. The van der Waals surface area contributed by atoms with E-state index in [1.165, 1.54) is 0 Å². The van der Waals surface area contributed by atoms with Crippen LogP contribution in [0.5, 0.6) is 0 Å². The van der Waals surface area contributed by atoms with E-state index in [0.717, 1.165) is 5.56 Å². The molecule has 2 atom stereocenters. The summed E-state index contributed by atoms with van der Waals surface area (Å²) in [6.07, 6.45) is -1.37. The van der Waals surface area contributed by atoms with Gasteiger partial charge in [0, 0.05) is 17.6 Å². The van der Waals surface area contributed by atoms with Gasteiger partial charge in [0.25, 0.3) is 0 Å². The molecule has 0 spiro atoms. The molecule has 1 aromatic rings. The Labute approximate surface area is 114 Å². The first-order valence-electron chi connectivity index (χ1n) is 5.97. The van der Waals surface area contributed by atoms with E-state index >= 15 is 0 Å². The number of alkyl halides is 2. The number of hydrogen-bond donors (Lipinski definition) is 1. The zero-order chi connectivity index (χ0) is 14.0. The maximum atomic E-state index is 13.0. The van der Waals surface area contributed by atoms with Crippen molar-refractivity contribution in [2.75, 3.05) is 6.54 Å². The number of nitrogens with one attached hydrogen (secondary N) is 1. The number of hydrogen-bond acceptors (Lipinski definition) is 3. The van der Waals surface area contributed by atoms with Gasteiger partial charge in [-0.15, -0.1) is 0 Å². The molecule has 0 aromatic heterocycles. The largest absolute Gasteiger partial charge is 0.456 e. The van der Waals surface area contributed by atoms with Crippen LogP contribution >= 0.6 is 11.6 Å². The molecule has 2 rings (SSSR count). The van der Waals surface area contributed by atoms with Crippen molar-refractivity contribution in [3.05, 3.63) is 34.9 Å². The molecule has 0 radical (unpaired) electrons. The van der Waals surface area contributed by atoms with Crippen molar-refractivity contribution in [3.8, 4) is 0 Å². The SMILES string of the molecule is CC(NCC1CC(F)(F)C(=O)O1)c1ccccc1Cl. The van der Waals surface area contributed by atoms with Crippen molar-refractivity contribution in [2.24, 2.45) is 0 Å². The summed E-state index contributed by atoms with van der Waals surface area (Å²) >= 11 is 6.04. The molecule has 0 bridgehead atoms. The van der Waals surface area contributed by atoms with Gasteiger partial charge >= 0.3 is 11.9 Å². The molecular formula is C13H14ClF2NO2. The summed E-state index contributed by atoms with van der Waals surface area (Å²) in [5.74, 6) is -4.80. The zero-order valence-corrected chi connectivity index (χ0v) is 11.1. The summed E-state index contributed by atoms with van der Waals surface area (Å²) in [5, 5.41) is 3.65. The van der Waals surface area contributed by atoms with Gasteiger partial charge in [0.1, 0.15) is 6.10 Å². The Hall–Kier alpha value is -1.20. The second-order valence-corrected chi connectivity index (χ2v) is 4.99. The van der Waals surface area contributed by atoms with Gasteiger partial charge < -0.3 is 10.1 Å². The van der Waals surface area contributed by atoms with Crippen molar-refractivity contribution in [3.63, 3.8) is 0 Å². The van der Waals surface area contributed by atoms with Crippen LogP contribution in [-0.2, 0) is 9.53 Å². The van der Waals surface area contributed by atoms with E-state index in [1.54, 1.807) is 6.07 Å². The van der Waals surface area contributed by atoms with Gasteiger partial charge in [-0.3, -0.25) is 0 Å². The number of benzene rings is 1. The van der Waals surface area contributed by atoms with E-state index in [4.69, 9.17) is 11.6 Å². The van der Waals surface area contributed by atoms with E-state index in [0.29, 0.717) is 5.02 Å². The fourth-order valence-corrected chi connectivity index (χ4v) is 2.31. The Morgan fingerprint density at radius 2 is 2.21 bits per heavy atom. The minimum atomic E-state index is -3.36. The van der Waals surface area contributed by atoms with Gasteiger partial charge in [0.2, 0.25) is 0 Å². The maximum absolute atomic E-state index is 13.0. The minimum absolute atomic E-state index is 0.110. The molecule has 2 unspecified atom stereocenters. The lowest BCUT2D eigenvalue weighted by Gasteiger charge is -2.17. The summed E-state index contributed by atoms with van der Waals surface area (Å²) in [6, 6.07) is 7.18. The Balaban J connectivity index is 1.90. The number of cyclic esters (lactones) is 1. The van der Waals surface area contributed by atoms with Crippen LogP contribution in [0.15, 0.2) is 24.3 Å². The van der Waals surface area contributed by atoms with Crippen LogP contribution in [0, 0.1) is 0 Å². The van der Waals surface area contributed by atoms with E-state index < -0.39 is 24.4 Å². The van der Waals surface area contributed by atoms with Crippen LogP contribution in [0.25, 0.3) is 0 Å². The number of ether oxygens (including phenoxy) is 1. The average molecular weight is 290 g/mol. The normalized spacial score (nSPS) is 23.2. The summed E-state index contributed by atoms with van der Waals surface area (Å²) < 4.78 is 30.6. The Morgan fingerprint density at radius 1 is 1.53 bits per heavy atom. The van der Waals surface area contributed by atoms with Crippen LogP contribution in [0.2, 0.25) is 5.02 Å². The molecular weight excluding hydrogens is 276 g/mol. The van der Waals surface area contributed by atoms with Gasteiger partial charge in [-0.05, 0) is 18.6 Å². The van der Waals surface area contributed by atoms with Crippen molar-refractivity contribution in [1.29, 1.82) is 0 Å². The van der Waals surface area contributed by atoms with Crippen LogP contribution < -0.4 is 5.32 Å². The third-order valence-electron chi connectivity index (χ3n) is 3.08. The summed E-state index contributed by atoms with van der Waals surface area (Å²) in [4.78, 5) is 10.9. The third-order valence-corrected chi connectivity index (χ3v) is 3.42. The summed E-state index contributed by atoms with van der Waals surface area (Å²) in [7, 11) is 0. The van der Waals surface area contributed by atoms with E-state index in [-0.39, 0.29) is 12.6 Å². The van der Waals surface area contributed by atoms with Crippen LogP contribution in [0.1, 0.15) is 24.9 Å². The smallest absolute Gasteiger partial charge is 0.377 e. The van der Waals surface area contributed by atoms with Gasteiger partial charge in [-0.1, -0.05) is 29.8 Å². The van der Waals surface area contributed by atoms with Crippen LogP contribution in [0.3, 0.4) is 0 Å². The van der Waals surface area contributed by atoms with E-state index in [1.807, 2.05) is 25.1 Å². The quantitative estimate of drug-likeness (QED) is 0.866. The number of carbonyl (C=O) groups is 1. The van der Waals surface area contributed by atoms with Crippen molar-refractivity contribution < 1.29 is 18.3 Å². The lowest BCUT2D eigenvalue weighted by Crippen LogP contribution is -2.29. The molecule has 104 valence electrons. The second kappa shape index (κ2) is 5.43. The average Bonchev–Trinajstić information content (AvgIpc) is 2.61. The highest BCUT2D eigenvalue weighted by Crippen LogP contribution is 2.31. The summed E-state index contributed by atoms with van der Waals surface area (Å²) in [5.41, 5.74) is 0.875. The number of esters is 1. The molecule has 1 N–H and O–H groups in total. The monoisotopic (exact) mass is 289 g/mol. The maximum Gasteiger partial charge on any atom is 0.377 e. The van der Waals surface area contributed by atoms with E-state index in [2.05, 4.69) is 10.1 Å². The highest BCUT2D eigenvalue weighted by atomic mass is 35.5. The van der Waals surface area contributed by atoms with Crippen molar-refractivity contribution in [2.45, 2.75) is 31.4 Å². The minimum Gasteiger partial charge on any atom is -0.456 e. The lowest BCUT2D eigenvalue weighted by molar-refractivity contribution is -0.159. The standard InChI is InChI=1S/C13H14ClF2NO2/c1-8(10-4-2-3-5-11(10)14)17-7-9-6-13(15,16)12(18)19-9/h2-5,8-9,17H,6-7H2,1H3. The number of carbonyl (C=O) groups excluding carboxylic acids is 1. The van der Waals surface area contributed by atoms with E-state index in [9.17, 15) is 13.6 Å². The first-order valence-corrected chi connectivity index (χ1v) is 6.34. The molecule has 1 aliphatic heterocycles. The first-order chi connectivity index (χ1) is 8.90. The molecule has 1 aromatic carbocycles. The molecule has 19 heavy (non-hydrogen) atoms. The topological polar surface area (TPSA) is 38.3 Å². The predicted octanol–water partition coefficient (Wildman–Crippen LogP) is 2.94. The van der Waals surface area contributed by atoms with Gasteiger partial charge in [0.15, 0.2) is 0 Å². The molecule has 1 fully saturated rings. The highest BCUT2D eigenvalue weighted by molar-refractivity contribution is 6.31. The molecule has 0 amide bonds. The Kier molecular flexibility index (Phi) is 4.06. The number of halogens is 3. The van der Waals surface area contributed by atoms with Crippen molar-refractivity contribution >= 4 is 17.6 Å². The predicted molar refractivity (Wildman–Crippen MR) is 67.3 cm³/mol. The zero-order valence-electron chi connectivity index (χ0n) is 10.3. The van der Waals surface area contributed by atoms with Gasteiger partial charge in [-0.25, -0.2) is 4.79 Å². The molecule has 1 heterocycles. The molecule has 1 saturated heterocycles. The Morgan fingerprint density at radius 3 is 2.79 bits per heavy atom. The second-order valence-electron chi connectivity index (χ2n) is 4.59. The van der Waals surface area contributed by atoms with Crippen LogP contribution in [-0.4, -0.2) is 24.5 Å².